The standard InChI is InChI=1S/C29H41N3O3/c1-18(2)27(31-28(35)26-13-21-7-9-23(33)12-22(21)15-30-26)17-32-11-10-29(5,20(4)16-32)25-14-24(34)8-6-19(25)3/h6-9,12,14,18,20,26-27,30,33-34H,10-11,13,15-17H2,1-5H3,(H,31,35)/t20-,26+,27+,29+/m0/s1. The highest BCUT2D eigenvalue weighted by molar-refractivity contribution is 5.82. The van der Waals surface area contributed by atoms with Crippen molar-refractivity contribution in [3.05, 3.63) is 58.7 Å². The number of hydrogen-bond acceptors (Lipinski definition) is 5. The summed E-state index contributed by atoms with van der Waals surface area (Å²) in [6.45, 7) is 14.5. The quantitative estimate of drug-likeness (QED) is 0.506. The van der Waals surface area contributed by atoms with E-state index >= 15 is 0 Å². The zero-order valence-corrected chi connectivity index (χ0v) is 21.8. The van der Waals surface area contributed by atoms with Gasteiger partial charge in [-0.1, -0.05) is 39.8 Å². The molecule has 4 atom stereocenters. The van der Waals surface area contributed by atoms with Crippen LogP contribution in [0.3, 0.4) is 0 Å². The van der Waals surface area contributed by atoms with Crippen LogP contribution in [-0.2, 0) is 23.2 Å². The average molecular weight is 480 g/mol. The lowest BCUT2D eigenvalue weighted by Crippen LogP contribution is -2.56. The van der Waals surface area contributed by atoms with E-state index in [1.54, 1.807) is 18.2 Å². The van der Waals surface area contributed by atoms with Gasteiger partial charge in [-0.25, -0.2) is 0 Å². The number of amides is 1. The fraction of sp³-hybridized carbons (Fsp3) is 0.552. The zero-order valence-electron chi connectivity index (χ0n) is 21.8. The van der Waals surface area contributed by atoms with Crippen LogP contribution in [0, 0.1) is 18.8 Å². The summed E-state index contributed by atoms with van der Waals surface area (Å²) in [5.74, 6) is 1.39. The van der Waals surface area contributed by atoms with Gasteiger partial charge in [-0.05, 0) is 90.1 Å². The summed E-state index contributed by atoms with van der Waals surface area (Å²) in [4.78, 5) is 15.7. The van der Waals surface area contributed by atoms with Gasteiger partial charge >= 0.3 is 0 Å². The van der Waals surface area contributed by atoms with Crippen LogP contribution in [0.1, 0.15) is 56.4 Å². The summed E-state index contributed by atoms with van der Waals surface area (Å²) in [5.41, 5.74) is 4.67. The smallest absolute Gasteiger partial charge is 0.237 e. The van der Waals surface area contributed by atoms with Gasteiger partial charge in [-0.3, -0.25) is 4.79 Å². The molecule has 0 aliphatic carbocycles. The molecule has 190 valence electrons. The first-order valence-corrected chi connectivity index (χ1v) is 12.9. The van der Waals surface area contributed by atoms with Gasteiger partial charge in [0.05, 0.1) is 6.04 Å². The van der Waals surface area contributed by atoms with Crippen molar-refractivity contribution in [1.82, 2.24) is 15.5 Å². The lowest BCUT2D eigenvalue weighted by atomic mass is 9.67. The number of likely N-dealkylation sites (tertiary alicyclic amines) is 1. The molecule has 2 aliphatic rings. The summed E-state index contributed by atoms with van der Waals surface area (Å²) in [5, 5.41) is 26.5. The highest BCUT2D eigenvalue weighted by Gasteiger charge is 2.40. The summed E-state index contributed by atoms with van der Waals surface area (Å²) in [6, 6.07) is 10.9. The maximum absolute atomic E-state index is 13.2. The molecule has 4 N–H and O–H groups in total. The van der Waals surface area contributed by atoms with Crippen molar-refractivity contribution >= 4 is 5.91 Å². The Morgan fingerprint density at radius 2 is 1.89 bits per heavy atom. The minimum Gasteiger partial charge on any atom is -0.508 e. The predicted octanol–water partition coefficient (Wildman–Crippen LogP) is 3.86. The predicted molar refractivity (Wildman–Crippen MR) is 140 cm³/mol. The molecule has 2 aliphatic heterocycles. The first-order chi connectivity index (χ1) is 16.6. The second-order valence-corrected chi connectivity index (χ2v) is 11.3. The number of aryl methyl sites for hydroxylation is 1. The number of hydrogen-bond donors (Lipinski definition) is 4. The van der Waals surface area contributed by atoms with Crippen molar-refractivity contribution in [2.75, 3.05) is 19.6 Å². The molecule has 0 radical (unpaired) electrons. The third kappa shape index (κ3) is 5.49. The number of carbonyl (C=O) groups is 1. The molecule has 6 nitrogen and oxygen atoms in total. The van der Waals surface area contributed by atoms with Crippen molar-refractivity contribution in [2.24, 2.45) is 11.8 Å². The van der Waals surface area contributed by atoms with Crippen LogP contribution in [0.2, 0.25) is 0 Å². The Morgan fingerprint density at radius 1 is 1.17 bits per heavy atom. The van der Waals surface area contributed by atoms with E-state index in [-0.39, 0.29) is 29.2 Å². The van der Waals surface area contributed by atoms with Gasteiger partial charge in [-0.2, -0.15) is 0 Å². The molecule has 0 bridgehead atoms. The number of phenolic OH excluding ortho intramolecular Hbond substituents is 2. The second-order valence-electron chi connectivity index (χ2n) is 11.3. The Labute approximate surface area is 209 Å². The number of benzene rings is 2. The first-order valence-electron chi connectivity index (χ1n) is 12.9. The van der Waals surface area contributed by atoms with E-state index in [1.807, 2.05) is 18.2 Å². The fourth-order valence-electron chi connectivity index (χ4n) is 5.78. The van der Waals surface area contributed by atoms with Crippen LogP contribution in [-0.4, -0.2) is 52.7 Å². The van der Waals surface area contributed by atoms with Gasteiger partial charge in [-0.15, -0.1) is 0 Å². The van der Waals surface area contributed by atoms with E-state index in [9.17, 15) is 15.0 Å². The van der Waals surface area contributed by atoms with Gasteiger partial charge in [0.15, 0.2) is 0 Å². The van der Waals surface area contributed by atoms with Gasteiger partial charge in [0, 0.05) is 25.7 Å². The summed E-state index contributed by atoms with van der Waals surface area (Å²) >= 11 is 0. The molecule has 1 fully saturated rings. The maximum atomic E-state index is 13.2. The van der Waals surface area contributed by atoms with E-state index < -0.39 is 0 Å². The van der Waals surface area contributed by atoms with Crippen LogP contribution >= 0.6 is 0 Å². The zero-order chi connectivity index (χ0) is 25.3. The Morgan fingerprint density at radius 3 is 2.60 bits per heavy atom. The number of carbonyl (C=O) groups excluding carboxylic acids is 1. The van der Waals surface area contributed by atoms with Crippen molar-refractivity contribution < 1.29 is 15.0 Å². The van der Waals surface area contributed by atoms with Gasteiger partial charge in [0.1, 0.15) is 11.5 Å². The molecule has 2 heterocycles. The highest BCUT2D eigenvalue weighted by Crippen LogP contribution is 2.42. The Bertz CT molecular complexity index is 1070. The topological polar surface area (TPSA) is 84.8 Å². The number of piperidine rings is 1. The molecule has 1 saturated heterocycles. The SMILES string of the molecule is Cc1ccc(O)cc1[C@]1(C)CCN(C[C@@H](NC(=O)[C@H]2Cc3ccc(O)cc3CN2)C(C)C)C[C@@H]1C. The normalized spacial score (nSPS) is 25.8. The third-order valence-corrected chi connectivity index (χ3v) is 8.46. The lowest BCUT2D eigenvalue weighted by molar-refractivity contribution is -0.124. The van der Waals surface area contributed by atoms with Gasteiger partial charge in [0.2, 0.25) is 5.91 Å². The van der Waals surface area contributed by atoms with Crippen molar-refractivity contribution in [3.8, 4) is 11.5 Å². The monoisotopic (exact) mass is 479 g/mol. The number of rotatable bonds is 6. The van der Waals surface area contributed by atoms with E-state index in [0.717, 1.165) is 37.2 Å². The minimum absolute atomic E-state index is 0.0176. The Balaban J connectivity index is 1.38. The summed E-state index contributed by atoms with van der Waals surface area (Å²) < 4.78 is 0. The molecular formula is C29H41N3O3. The lowest BCUT2D eigenvalue weighted by Gasteiger charge is -2.46. The van der Waals surface area contributed by atoms with Crippen LogP contribution in [0.5, 0.6) is 11.5 Å². The minimum atomic E-state index is -0.259. The summed E-state index contributed by atoms with van der Waals surface area (Å²) in [6.07, 6.45) is 1.65. The third-order valence-electron chi connectivity index (χ3n) is 8.46. The Kier molecular flexibility index (Phi) is 7.43. The van der Waals surface area contributed by atoms with E-state index in [4.69, 9.17) is 0 Å². The van der Waals surface area contributed by atoms with Crippen LogP contribution in [0.25, 0.3) is 0 Å². The van der Waals surface area contributed by atoms with Gasteiger partial charge < -0.3 is 25.7 Å². The first kappa shape index (κ1) is 25.5. The van der Waals surface area contributed by atoms with Crippen LogP contribution < -0.4 is 10.6 Å². The number of phenols is 2. The van der Waals surface area contributed by atoms with E-state index in [0.29, 0.717) is 30.6 Å². The van der Waals surface area contributed by atoms with Crippen molar-refractivity contribution in [1.29, 1.82) is 0 Å². The van der Waals surface area contributed by atoms with Crippen LogP contribution in [0.4, 0.5) is 0 Å². The molecule has 0 saturated carbocycles. The number of nitrogens with one attached hydrogen (secondary N) is 2. The van der Waals surface area contributed by atoms with E-state index in [1.165, 1.54) is 11.1 Å². The molecule has 0 unspecified atom stereocenters. The second kappa shape index (κ2) is 10.2. The fourth-order valence-corrected chi connectivity index (χ4v) is 5.78. The number of fused-ring (bicyclic) bond motifs is 1. The van der Waals surface area contributed by atoms with Crippen molar-refractivity contribution in [2.45, 2.75) is 71.5 Å². The Hall–Kier alpha value is -2.57. The molecule has 6 heteroatoms. The average Bonchev–Trinajstić information content (AvgIpc) is 2.82. The molecule has 35 heavy (non-hydrogen) atoms. The number of nitrogens with zero attached hydrogens (tertiary/aromatic N) is 1. The molecule has 4 rings (SSSR count). The molecule has 2 aromatic carbocycles. The summed E-state index contributed by atoms with van der Waals surface area (Å²) in [7, 11) is 0. The van der Waals surface area contributed by atoms with Gasteiger partial charge in [0.25, 0.3) is 0 Å². The van der Waals surface area contributed by atoms with Crippen molar-refractivity contribution in [3.63, 3.8) is 0 Å². The highest BCUT2D eigenvalue weighted by atomic mass is 16.3. The van der Waals surface area contributed by atoms with E-state index in [2.05, 4.69) is 50.2 Å². The van der Waals surface area contributed by atoms with Crippen LogP contribution in [0.15, 0.2) is 36.4 Å². The molecule has 1 amide bonds. The molecule has 2 aromatic rings. The largest absolute Gasteiger partial charge is 0.508 e. The molecular weight excluding hydrogens is 438 g/mol. The maximum Gasteiger partial charge on any atom is 0.237 e. The molecule has 0 spiro atoms. The number of aromatic hydroxyl groups is 2. The molecule has 0 aromatic heterocycles.